The van der Waals surface area contributed by atoms with Gasteiger partial charge in [0.1, 0.15) is 11.5 Å². The van der Waals surface area contributed by atoms with Gasteiger partial charge in [-0.25, -0.2) is 9.07 Å². The lowest BCUT2D eigenvalue weighted by atomic mass is 10.2. The minimum absolute atomic E-state index is 0.116. The molecule has 0 radical (unpaired) electrons. The molecule has 6 heteroatoms. The van der Waals surface area contributed by atoms with E-state index in [1.54, 1.807) is 23.1 Å². The molecule has 0 bridgehead atoms. The zero-order chi connectivity index (χ0) is 17.8. The summed E-state index contributed by atoms with van der Waals surface area (Å²) in [6.07, 6.45) is 3.59. The van der Waals surface area contributed by atoms with Gasteiger partial charge in [-0.2, -0.15) is 5.10 Å². The fraction of sp³-hybridized carbons (Fsp3) is 0.421. The van der Waals surface area contributed by atoms with Crippen LogP contribution in [0.3, 0.4) is 0 Å². The highest BCUT2D eigenvalue weighted by Crippen LogP contribution is 2.29. The van der Waals surface area contributed by atoms with E-state index in [9.17, 15) is 14.0 Å². The first-order valence-electron chi connectivity index (χ1n) is 8.72. The van der Waals surface area contributed by atoms with Gasteiger partial charge in [0.2, 0.25) is 0 Å². The third-order valence-corrected chi connectivity index (χ3v) is 4.36. The largest absolute Gasteiger partial charge is 0.330 e. The Bertz CT molecular complexity index is 814. The lowest BCUT2D eigenvalue weighted by Crippen LogP contribution is -2.35. The van der Waals surface area contributed by atoms with Gasteiger partial charge >= 0.3 is 0 Å². The normalized spacial score (nSPS) is 13.7. The second-order valence-corrected chi connectivity index (χ2v) is 6.39. The Balaban J connectivity index is 1.84. The molecule has 0 spiro atoms. The molecule has 1 aliphatic carbocycles. The summed E-state index contributed by atoms with van der Waals surface area (Å²) in [4.78, 5) is 26.4. The van der Waals surface area contributed by atoms with E-state index in [0.717, 1.165) is 25.7 Å². The van der Waals surface area contributed by atoms with E-state index in [-0.39, 0.29) is 35.6 Å². The van der Waals surface area contributed by atoms with E-state index >= 15 is 0 Å². The average molecular weight is 343 g/mol. The van der Waals surface area contributed by atoms with Crippen molar-refractivity contribution in [1.82, 2.24) is 14.7 Å². The summed E-state index contributed by atoms with van der Waals surface area (Å²) >= 11 is 0. The van der Waals surface area contributed by atoms with Crippen molar-refractivity contribution in [3.8, 4) is 0 Å². The van der Waals surface area contributed by atoms with Gasteiger partial charge < -0.3 is 4.90 Å². The van der Waals surface area contributed by atoms with Crippen LogP contribution in [-0.2, 0) is 13.1 Å². The minimum Gasteiger partial charge on any atom is -0.330 e. The van der Waals surface area contributed by atoms with Gasteiger partial charge in [0, 0.05) is 30.8 Å². The highest BCUT2D eigenvalue weighted by Gasteiger charge is 2.34. The molecule has 1 fully saturated rings. The fourth-order valence-electron chi connectivity index (χ4n) is 2.74. The summed E-state index contributed by atoms with van der Waals surface area (Å²) in [6, 6.07) is 9.44. The molecule has 1 aromatic carbocycles. The maximum Gasteiger partial charge on any atom is 0.274 e. The number of carbonyl (C=O) groups excluding carboxylic acids is 1. The van der Waals surface area contributed by atoms with E-state index in [4.69, 9.17) is 0 Å². The number of carbonyl (C=O) groups is 1. The van der Waals surface area contributed by atoms with E-state index in [1.165, 1.54) is 22.9 Å². The molecular weight excluding hydrogens is 321 g/mol. The molecule has 3 rings (SSSR count). The van der Waals surface area contributed by atoms with Gasteiger partial charge in [0.05, 0.1) is 0 Å². The molecule has 0 atom stereocenters. The van der Waals surface area contributed by atoms with Crippen LogP contribution < -0.4 is 5.56 Å². The van der Waals surface area contributed by atoms with Crippen molar-refractivity contribution in [2.45, 2.75) is 51.7 Å². The molecule has 1 saturated carbocycles. The quantitative estimate of drug-likeness (QED) is 0.777. The number of aromatic nitrogens is 2. The molecule has 0 saturated heterocycles. The Labute approximate surface area is 146 Å². The second kappa shape index (κ2) is 7.59. The molecule has 0 unspecified atom stereocenters. The third-order valence-electron chi connectivity index (χ3n) is 4.36. The first-order valence-corrected chi connectivity index (χ1v) is 8.72. The molecule has 2 aromatic rings. The molecule has 0 aliphatic heterocycles. The first kappa shape index (κ1) is 17.3. The number of nitrogens with zero attached hydrogens (tertiary/aromatic N) is 3. The zero-order valence-electron chi connectivity index (χ0n) is 14.3. The van der Waals surface area contributed by atoms with Crippen molar-refractivity contribution >= 4 is 5.91 Å². The highest BCUT2D eigenvalue weighted by atomic mass is 19.1. The summed E-state index contributed by atoms with van der Waals surface area (Å²) in [5.74, 6) is -0.571. The molecule has 1 aliphatic rings. The summed E-state index contributed by atoms with van der Waals surface area (Å²) in [5.41, 5.74) is 0.512. The van der Waals surface area contributed by atoms with Gasteiger partial charge in [-0.1, -0.05) is 31.5 Å². The number of hydrogen-bond donors (Lipinski definition) is 0. The molecule has 1 amide bonds. The second-order valence-electron chi connectivity index (χ2n) is 6.39. The average Bonchev–Trinajstić information content (AvgIpc) is 3.45. The van der Waals surface area contributed by atoms with Crippen molar-refractivity contribution < 1.29 is 9.18 Å². The van der Waals surface area contributed by atoms with Crippen molar-refractivity contribution in [3.63, 3.8) is 0 Å². The lowest BCUT2D eigenvalue weighted by molar-refractivity contribution is 0.0719. The van der Waals surface area contributed by atoms with Crippen molar-refractivity contribution in [3.05, 3.63) is 63.8 Å². The maximum atomic E-state index is 14.0. The number of aryl methyl sites for hydroxylation is 1. The smallest absolute Gasteiger partial charge is 0.274 e. The Morgan fingerprint density at radius 2 is 2.04 bits per heavy atom. The van der Waals surface area contributed by atoms with Crippen LogP contribution in [0.2, 0.25) is 0 Å². The van der Waals surface area contributed by atoms with Crippen LogP contribution in [0.15, 0.2) is 41.2 Å². The Morgan fingerprint density at radius 3 is 2.72 bits per heavy atom. The Kier molecular flexibility index (Phi) is 5.26. The zero-order valence-corrected chi connectivity index (χ0v) is 14.3. The summed E-state index contributed by atoms with van der Waals surface area (Å²) in [6.45, 7) is 2.74. The molecule has 1 heterocycles. The molecular formula is C19H22FN3O2. The molecule has 0 N–H and O–H groups in total. The van der Waals surface area contributed by atoms with E-state index in [1.807, 2.05) is 6.92 Å². The first-order chi connectivity index (χ1) is 12.1. The lowest BCUT2D eigenvalue weighted by Gasteiger charge is -2.22. The Hall–Kier alpha value is -2.50. The Morgan fingerprint density at radius 1 is 1.28 bits per heavy atom. The summed E-state index contributed by atoms with van der Waals surface area (Å²) in [5, 5.41) is 4.22. The molecule has 5 nitrogen and oxygen atoms in total. The van der Waals surface area contributed by atoms with Gasteiger partial charge in [-0.3, -0.25) is 9.59 Å². The summed E-state index contributed by atoms with van der Waals surface area (Å²) in [7, 11) is 0. The standard InChI is InChI=1S/C19H22FN3O2/c1-2-3-12-23-18(24)11-10-17(21-23)19(25)22(15-8-9-15)13-14-6-4-5-7-16(14)20/h4-7,10-11,15H,2-3,8-9,12-13H2,1H3. The van der Waals surface area contributed by atoms with Gasteiger partial charge in [-0.15, -0.1) is 0 Å². The van der Waals surface area contributed by atoms with Crippen LogP contribution in [0.1, 0.15) is 48.7 Å². The van der Waals surface area contributed by atoms with Crippen molar-refractivity contribution in [2.75, 3.05) is 0 Å². The number of rotatable bonds is 7. The number of hydrogen-bond acceptors (Lipinski definition) is 3. The van der Waals surface area contributed by atoms with Crippen LogP contribution in [0.5, 0.6) is 0 Å². The predicted octanol–water partition coefficient (Wildman–Crippen LogP) is 2.99. The SMILES string of the molecule is CCCCn1nc(C(=O)N(Cc2ccccc2F)C2CC2)ccc1=O. The fourth-order valence-corrected chi connectivity index (χ4v) is 2.74. The van der Waals surface area contributed by atoms with Crippen molar-refractivity contribution in [1.29, 1.82) is 0 Å². The van der Waals surface area contributed by atoms with Crippen LogP contribution in [0.4, 0.5) is 4.39 Å². The van der Waals surface area contributed by atoms with Gasteiger partial charge in [0.15, 0.2) is 0 Å². The predicted molar refractivity (Wildman–Crippen MR) is 92.7 cm³/mol. The van der Waals surface area contributed by atoms with Gasteiger partial charge in [0.25, 0.3) is 11.5 Å². The molecule has 1 aromatic heterocycles. The van der Waals surface area contributed by atoms with Crippen molar-refractivity contribution in [2.24, 2.45) is 0 Å². The van der Waals surface area contributed by atoms with E-state index in [2.05, 4.69) is 5.10 Å². The third kappa shape index (κ3) is 4.13. The highest BCUT2D eigenvalue weighted by molar-refractivity contribution is 5.92. The minimum atomic E-state index is -0.318. The van der Waals surface area contributed by atoms with Crippen LogP contribution in [-0.4, -0.2) is 26.6 Å². The van der Waals surface area contributed by atoms with E-state index in [0.29, 0.717) is 12.1 Å². The van der Waals surface area contributed by atoms with Crippen LogP contribution >= 0.6 is 0 Å². The number of unbranched alkanes of at least 4 members (excludes halogenated alkanes) is 1. The maximum absolute atomic E-state index is 14.0. The number of halogens is 1. The molecule has 25 heavy (non-hydrogen) atoms. The van der Waals surface area contributed by atoms with Gasteiger partial charge in [-0.05, 0) is 31.4 Å². The topological polar surface area (TPSA) is 55.2 Å². The van der Waals surface area contributed by atoms with Crippen LogP contribution in [0.25, 0.3) is 0 Å². The number of benzene rings is 1. The number of amides is 1. The van der Waals surface area contributed by atoms with Crippen LogP contribution in [0, 0.1) is 5.82 Å². The monoisotopic (exact) mass is 343 g/mol. The molecule has 132 valence electrons. The summed E-state index contributed by atoms with van der Waals surface area (Å²) < 4.78 is 15.3. The van der Waals surface area contributed by atoms with E-state index < -0.39 is 0 Å².